The molecule has 3 fully saturated rings. The van der Waals surface area contributed by atoms with Gasteiger partial charge in [0.05, 0.1) is 6.04 Å². The number of nitrogens with one attached hydrogen (secondary N) is 1. The highest BCUT2D eigenvalue weighted by Gasteiger charge is 2.55. The lowest BCUT2D eigenvalue weighted by Crippen LogP contribution is -2.67. The van der Waals surface area contributed by atoms with Crippen LogP contribution in [0.15, 0.2) is 23.8 Å². The second-order valence-corrected chi connectivity index (χ2v) is 11.5. The van der Waals surface area contributed by atoms with Gasteiger partial charge in [0, 0.05) is 5.57 Å². The van der Waals surface area contributed by atoms with Gasteiger partial charge in [-0.05, 0) is 90.8 Å². The zero-order valence-electron chi connectivity index (χ0n) is 29.2. The molecule has 230 valence electrons. The van der Waals surface area contributed by atoms with Crippen molar-refractivity contribution in [2.45, 2.75) is 81.9 Å². The lowest BCUT2D eigenvalue weighted by atomic mass is 9.83. The molecule has 0 radical (unpaired) electrons. The first-order valence-electron chi connectivity index (χ1n) is 16.3. The summed E-state index contributed by atoms with van der Waals surface area (Å²) >= 11 is 1.64. The monoisotopic (exact) mass is 635 g/mol. The SMILES string of the molecule is [2H]B([3H])CSO[C@H]1[C@H](O)[C@H](Oc2ccc(/C=C(\C)C(=O)NC3[C@@H](OSCB([2H])[3H])[C@@H]4OCO[C@@H]4[C@H](O[3H])[C@H]3O[3H])cc2C)O[C@@H]1C(C)=O. The zero-order valence-corrected chi connectivity index (χ0v) is 24.8. The summed E-state index contributed by atoms with van der Waals surface area (Å²) in [5.41, 5.74) is 1.54. The third-order valence-electron chi connectivity index (χ3n) is 7.09. The normalized spacial score (nSPS) is 36.4. The Bertz CT molecular complexity index is 1300. The van der Waals surface area contributed by atoms with Crippen LogP contribution in [0.5, 0.6) is 5.75 Å². The van der Waals surface area contributed by atoms with Crippen molar-refractivity contribution in [3.63, 3.8) is 0 Å². The molecule has 1 amide bonds. The van der Waals surface area contributed by atoms with Gasteiger partial charge in [0.2, 0.25) is 15.1 Å². The second kappa shape index (κ2) is 14.9. The number of amides is 1. The standard InChI is InChI=1S/C26H37B2NO11S2/c1-11-6-14(4-5-15(11)37-26-19(33)23(40-42-9-28)20(38-26)13(3)30)7-12(2)25(34)29-16-17(31)18(32)22-24(36-10-35-22)21(16)39-41-8-27/h4-7,16-24,26,31-33H,8-10,27-28H2,1-3H3,(H,29,34)/b12-7+/t16?,17-,18+,19-,20+,21+,22+,23-,24-,26+/m0/s1/i27TD,28TD,31T,32T. The molecule has 16 heteroatoms. The van der Waals surface area contributed by atoms with E-state index in [1.807, 2.05) is 0 Å². The van der Waals surface area contributed by atoms with Gasteiger partial charge >= 0.3 is 0 Å². The van der Waals surface area contributed by atoms with E-state index in [2.05, 4.69) is 5.32 Å². The van der Waals surface area contributed by atoms with Crippen LogP contribution in [-0.4, -0.2) is 130 Å². The maximum Gasteiger partial charge on any atom is 0.247 e. The van der Waals surface area contributed by atoms with Gasteiger partial charge in [-0.3, -0.25) is 9.59 Å². The van der Waals surface area contributed by atoms with E-state index in [-0.39, 0.29) is 29.5 Å². The van der Waals surface area contributed by atoms with Crippen LogP contribution < -0.4 is 10.1 Å². The molecule has 1 aromatic carbocycles. The fourth-order valence-corrected chi connectivity index (χ4v) is 5.93. The minimum absolute atomic E-state index is 0.00848. The Morgan fingerprint density at radius 1 is 1.17 bits per heavy atom. The molecule has 1 aromatic rings. The minimum atomic E-state index is -1.33. The summed E-state index contributed by atoms with van der Waals surface area (Å²) in [7, 11) is -2.31. The van der Waals surface area contributed by atoms with E-state index >= 15 is 0 Å². The molecule has 2 aliphatic heterocycles. The zero-order chi connectivity index (χ0) is 35.1. The Morgan fingerprint density at radius 2 is 1.88 bits per heavy atom. The van der Waals surface area contributed by atoms with Crippen LogP contribution >= 0.6 is 24.1 Å². The van der Waals surface area contributed by atoms with Gasteiger partial charge in [-0.2, -0.15) is 0 Å². The quantitative estimate of drug-likeness (QED) is 0.0961. The highest BCUT2D eigenvalue weighted by atomic mass is 32.2. The third kappa shape index (κ3) is 7.37. The number of aliphatic hydroxyl groups is 3. The number of ether oxygens (including phenoxy) is 4. The van der Waals surface area contributed by atoms with Crippen LogP contribution in [0, 0.1) is 6.92 Å². The summed E-state index contributed by atoms with van der Waals surface area (Å²) in [4.78, 5) is 25.6. The van der Waals surface area contributed by atoms with Crippen LogP contribution in [0.1, 0.15) is 25.0 Å². The van der Waals surface area contributed by atoms with Crippen molar-refractivity contribution in [2.24, 2.45) is 0 Å². The summed E-state index contributed by atoms with van der Waals surface area (Å²) < 4.78 is 78.9. The maximum absolute atomic E-state index is 13.4. The average Bonchev–Trinajstić information content (AvgIpc) is 3.63. The van der Waals surface area contributed by atoms with Crippen molar-refractivity contribution >= 4 is 57.4 Å². The second-order valence-electron chi connectivity index (χ2n) is 10.00. The first-order chi connectivity index (χ1) is 22.9. The summed E-state index contributed by atoms with van der Waals surface area (Å²) in [6, 6.07) is 3.99. The number of fused-ring (bicyclic) bond motifs is 1. The summed E-state index contributed by atoms with van der Waals surface area (Å²) in [5.74, 6) is -0.572. The molecule has 1 unspecified atom stereocenters. The Labute approximate surface area is 263 Å². The Balaban J connectivity index is 1.45. The Kier molecular flexibility index (Phi) is 9.14. The Hall–Kier alpha value is -1.59. The van der Waals surface area contributed by atoms with E-state index in [1.54, 1.807) is 38.1 Å². The smallest absolute Gasteiger partial charge is 0.247 e. The lowest BCUT2D eigenvalue weighted by molar-refractivity contribution is -0.147. The van der Waals surface area contributed by atoms with E-state index in [4.69, 9.17) is 45.7 Å². The number of Topliss-reactive ketones (excluding diaryl/α,β-unsaturated/α-hetero) is 1. The fraction of sp³-hybridized carbons (Fsp3) is 0.615. The molecule has 4 rings (SSSR count). The predicted molar refractivity (Wildman–Crippen MR) is 161 cm³/mol. The highest BCUT2D eigenvalue weighted by Crippen LogP contribution is 2.34. The van der Waals surface area contributed by atoms with Gasteiger partial charge in [0.15, 0.2) is 5.78 Å². The van der Waals surface area contributed by atoms with Gasteiger partial charge in [-0.25, -0.2) is 0 Å². The molecule has 10 atom stereocenters. The molecule has 4 N–H and O–H groups in total. The Morgan fingerprint density at radius 3 is 2.55 bits per heavy atom. The maximum atomic E-state index is 13.4. The number of carbonyl (C=O) groups excluding carboxylic acids is 2. The van der Waals surface area contributed by atoms with Gasteiger partial charge in [0.25, 0.3) is 0 Å². The molecular weight excluding hydrogens is 588 g/mol. The molecule has 3 aliphatic rings. The summed E-state index contributed by atoms with van der Waals surface area (Å²) in [6.07, 6.45) is -7.89. The lowest BCUT2D eigenvalue weighted by Gasteiger charge is -2.43. The van der Waals surface area contributed by atoms with Crippen LogP contribution in [0.2, 0.25) is 0 Å². The number of ketones is 1. The van der Waals surface area contributed by atoms with E-state index in [9.17, 15) is 14.7 Å². The molecule has 42 heavy (non-hydrogen) atoms. The van der Waals surface area contributed by atoms with Crippen molar-refractivity contribution in [3.05, 3.63) is 34.9 Å². The number of carbonyl (C=O) groups is 2. The van der Waals surface area contributed by atoms with Gasteiger partial charge in [-0.15, -0.1) is 0 Å². The van der Waals surface area contributed by atoms with E-state index in [1.165, 1.54) is 6.92 Å². The van der Waals surface area contributed by atoms with Crippen molar-refractivity contribution in [3.8, 4) is 5.75 Å². The van der Waals surface area contributed by atoms with Gasteiger partial charge in [0.1, 0.15) is 76.9 Å². The van der Waals surface area contributed by atoms with Crippen molar-refractivity contribution in [1.82, 2.24) is 5.32 Å². The highest BCUT2D eigenvalue weighted by molar-refractivity contribution is 7.95. The number of hydrogen-bond acceptors (Lipinski definition) is 13. The molecule has 0 aromatic heterocycles. The van der Waals surface area contributed by atoms with E-state index in [0.29, 0.717) is 16.9 Å². The number of rotatable bonds is 16. The average molecular weight is 635 g/mol. The summed E-state index contributed by atoms with van der Waals surface area (Å²) in [5, 5.41) is 23.3. The van der Waals surface area contributed by atoms with Crippen LogP contribution in [0.25, 0.3) is 6.08 Å². The van der Waals surface area contributed by atoms with Crippen LogP contribution in [-0.2, 0) is 32.2 Å². The number of hydrogen-bond donors (Lipinski definition) is 4. The van der Waals surface area contributed by atoms with Crippen molar-refractivity contribution < 1.29 is 52.2 Å². The molecule has 0 spiro atoms. The van der Waals surface area contributed by atoms with Crippen molar-refractivity contribution in [2.75, 3.05) is 18.1 Å². The fourth-order valence-electron chi connectivity index (χ4n) is 5.02. The molecule has 2 saturated heterocycles. The first-order valence-corrected chi connectivity index (χ1v) is 15.0. The first kappa shape index (κ1) is 25.7. The molecule has 1 aliphatic carbocycles. The topological polar surface area (TPSA) is 162 Å². The minimum Gasteiger partial charge on any atom is -0.462 e. The molecule has 0 bridgehead atoms. The number of benzene rings is 1. The predicted octanol–water partition coefficient (Wildman–Crippen LogP) is -1.34. The number of aryl methyl sites for hydroxylation is 1. The largest absolute Gasteiger partial charge is 0.462 e. The van der Waals surface area contributed by atoms with E-state index < -0.39 is 82.6 Å². The molecule has 1 saturated carbocycles. The molecular formula is C26H37B2NO11S2. The molecule has 2 heterocycles. The van der Waals surface area contributed by atoms with Crippen LogP contribution in [0.3, 0.4) is 0 Å². The van der Waals surface area contributed by atoms with Crippen molar-refractivity contribution in [1.29, 1.82) is 8.21 Å². The van der Waals surface area contributed by atoms with Gasteiger partial charge in [-0.1, -0.05) is 6.07 Å². The molecule has 12 nitrogen and oxygen atoms in total. The van der Waals surface area contributed by atoms with Crippen LogP contribution in [0.4, 0.5) is 0 Å². The number of aliphatic hydroxyl groups excluding tert-OH is 3. The third-order valence-corrected chi connectivity index (χ3v) is 8.08. The summed E-state index contributed by atoms with van der Waals surface area (Å²) in [6.45, 7) is 4.49. The van der Waals surface area contributed by atoms with E-state index in [0.717, 1.165) is 24.1 Å². The van der Waals surface area contributed by atoms with Gasteiger partial charge < -0.3 is 48.0 Å².